The van der Waals surface area contributed by atoms with Gasteiger partial charge in [-0.2, -0.15) is 0 Å². The van der Waals surface area contributed by atoms with Crippen molar-refractivity contribution in [2.24, 2.45) is 0 Å². The van der Waals surface area contributed by atoms with Gasteiger partial charge in [0, 0.05) is 35.7 Å². The van der Waals surface area contributed by atoms with Gasteiger partial charge in [0.05, 0.1) is 6.54 Å². The minimum absolute atomic E-state index is 0.0764. The van der Waals surface area contributed by atoms with Gasteiger partial charge >= 0.3 is 0 Å². The number of carbonyl (C=O) groups excluding carboxylic acids is 2. The van der Waals surface area contributed by atoms with Crippen LogP contribution in [-0.4, -0.2) is 32.0 Å². The van der Waals surface area contributed by atoms with Crippen molar-refractivity contribution < 1.29 is 14.3 Å². The van der Waals surface area contributed by atoms with Gasteiger partial charge in [0.15, 0.2) is 0 Å². The third-order valence-corrected chi connectivity index (χ3v) is 4.50. The van der Waals surface area contributed by atoms with Crippen LogP contribution in [0.4, 0.5) is 17.1 Å². The minimum atomic E-state index is -0.224. The fourth-order valence-electron chi connectivity index (χ4n) is 2.93. The summed E-state index contributed by atoms with van der Waals surface area (Å²) in [5, 5.41) is 5.88. The number of nitrogens with one attached hydrogen (secondary N) is 2. The molecule has 6 heteroatoms. The highest BCUT2D eigenvalue weighted by Gasteiger charge is 2.14. The molecule has 6 nitrogen and oxygen atoms in total. The summed E-state index contributed by atoms with van der Waals surface area (Å²) in [6, 6.07) is 23.6. The summed E-state index contributed by atoms with van der Waals surface area (Å²) < 4.78 is 5.49. The first kappa shape index (κ1) is 21.6. The zero-order valence-electron chi connectivity index (χ0n) is 17.4. The molecule has 0 radical (unpaired) electrons. The molecule has 0 aromatic heterocycles. The third kappa shape index (κ3) is 6.21. The Morgan fingerprint density at radius 3 is 2.48 bits per heavy atom. The number of hydrogen-bond acceptors (Lipinski definition) is 4. The molecule has 31 heavy (non-hydrogen) atoms. The minimum Gasteiger partial charge on any atom is -0.489 e. The van der Waals surface area contributed by atoms with E-state index in [0.29, 0.717) is 23.6 Å². The largest absolute Gasteiger partial charge is 0.489 e. The number of amides is 2. The van der Waals surface area contributed by atoms with E-state index in [0.717, 1.165) is 11.4 Å². The first-order valence-electron chi connectivity index (χ1n) is 9.87. The fraction of sp³-hybridized carbons (Fsp3) is 0.120. The maximum Gasteiger partial charge on any atom is 0.258 e. The van der Waals surface area contributed by atoms with Crippen molar-refractivity contribution >= 4 is 28.9 Å². The van der Waals surface area contributed by atoms with Crippen LogP contribution in [0.3, 0.4) is 0 Å². The van der Waals surface area contributed by atoms with Crippen molar-refractivity contribution in [2.45, 2.75) is 0 Å². The van der Waals surface area contributed by atoms with Crippen LogP contribution in [0.2, 0.25) is 0 Å². The van der Waals surface area contributed by atoms with Crippen LogP contribution in [0.5, 0.6) is 5.75 Å². The van der Waals surface area contributed by atoms with Crippen molar-refractivity contribution in [1.29, 1.82) is 0 Å². The lowest BCUT2D eigenvalue weighted by atomic mass is 10.1. The standard InChI is InChI=1S/C25H25N3O3/c1-3-15-31-23-14-8-10-20(17-23)26-18-24(29)27-21-11-7-9-19(16-21)25(30)28(2)22-12-5-4-6-13-22/h3-14,16-17,26H,1,15,18H2,2H3,(H,27,29). The topological polar surface area (TPSA) is 70.7 Å². The number of para-hydroxylation sites is 1. The molecule has 0 aliphatic heterocycles. The molecule has 0 aliphatic rings. The van der Waals surface area contributed by atoms with Gasteiger partial charge in [-0.1, -0.05) is 43.0 Å². The monoisotopic (exact) mass is 415 g/mol. The summed E-state index contributed by atoms with van der Waals surface area (Å²) in [5.74, 6) is 0.314. The van der Waals surface area contributed by atoms with Crippen LogP contribution < -0.4 is 20.3 Å². The van der Waals surface area contributed by atoms with Gasteiger partial charge in [-0.15, -0.1) is 0 Å². The summed E-state index contributed by atoms with van der Waals surface area (Å²) in [4.78, 5) is 26.7. The lowest BCUT2D eigenvalue weighted by Crippen LogP contribution is -2.26. The molecule has 0 fully saturated rings. The summed E-state index contributed by atoms with van der Waals surface area (Å²) in [6.45, 7) is 4.11. The van der Waals surface area contributed by atoms with E-state index in [1.54, 1.807) is 42.3 Å². The molecular weight excluding hydrogens is 390 g/mol. The molecule has 0 bridgehead atoms. The highest BCUT2D eigenvalue weighted by molar-refractivity contribution is 6.06. The number of nitrogens with zero attached hydrogens (tertiary/aromatic N) is 1. The number of benzene rings is 3. The molecule has 0 saturated carbocycles. The number of carbonyl (C=O) groups is 2. The Balaban J connectivity index is 1.58. The average molecular weight is 415 g/mol. The van der Waals surface area contributed by atoms with Crippen LogP contribution in [0.1, 0.15) is 10.4 Å². The van der Waals surface area contributed by atoms with Crippen LogP contribution in [0.25, 0.3) is 0 Å². The molecule has 0 spiro atoms. The second kappa shape index (κ2) is 10.6. The second-order valence-electron chi connectivity index (χ2n) is 6.81. The maximum atomic E-state index is 12.8. The first-order chi connectivity index (χ1) is 15.1. The Morgan fingerprint density at radius 2 is 1.71 bits per heavy atom. The Kier molecular flexibility index (Phi) is 7.43. The van der Waals surface area contributed by atoms with E-state index in [2.05, 4.69) is 17.2 Å². The summed E-state index contributed by atoms with van der Waals surface area (Å²) in [5.41, 5.74) is 2.61. The summed E-state index contributed by atoms with van der Waals surface area (Å²) >= 11 is 0. The number of hydrogen-bond donors (Lipinski definition) is 2. The van der Waals surface area contributed by atoms with Gasteiger partial charge in [0.25, 0.3) is 5.91 Å². The van der Waals surface area contributed by atoms with E-state index in [9.17, 15) is 9.59 Å². The number of rotatable bonds is 9. The molecule has 0 heterocycles. The van der Waals surface area contributed by atoms with E-state index in [1.807, 2.05) is 54.6 Å². The molecule has 2 amide bonds. The summed E-state index contributed by atoms with van der Waals surface area (Å²) in [7, 11) is 1.72. The van der Waals surface area contributed by atoms with Gasteiger partial charge in [-0.3, -0.25) is 9.59 Å². The van der Waals surface area contributed by atoms with Crippen LogP contribution in [-0.2, 0) is 4.79 Å². The molecule has 0 atom stereocenters. The fourth-order valence-corrected chi connectivity index (χ4v) is 2.93. The lowest BCUT2D eigenvalue weighted by Gasteiger charge is -2.17. The quantitative estimate of drug-likeness (QED) is 0.502. The molecule has 0 aliphatic carbocycles. The van der Waals surface area contributed by atoms with Gasteiger partial charge in [0.1, 0.15) is 12.4 Å². The van der Waals surface area contributed by atoms with Crippen molar-refractivity contribution in [3.05, 3.63) is 97.1 Å². The van der Waals surface area contributed by atoms with Gasteiger partial charge in [0.2, 0.25) is 5.91 Å². The van der Waals surface area contributed by atoms with Crippen molar-refractivity contribution in [2.75, 3.05) is 35.7 Å². The molecule has 0 unspecified atom stereocenters. The number of ether oxygens (including phenoxy) is 1. The zero-order chi connectivity index (χ0) is 22.1. The molecule has 3 aromatic rings. The molecule has 158 valence electrons. The van der Waals surface area contributed by atoms with Gasteiger partial charge in [-0.25, -0.2) is 0 Å². The third-order valence-electron chi connectivity index (χ3n) is 4.50. The predicted octanol–water partition coefficient (Wildman–Crippen LogP) is 4.58. The van der Waals surface area contributed by atoms with Crippen LogP contribution in [0, 0.1) is 0 Å². The second-order valence-corrected chi connectivity index (χ2v) is 6.81. The van der Waals surface area contributed by atoms with E-state index >= 15 is 0 Å². The molecule has 2 N–H and O–H groups in total. The zero-order valence-corrected chi connectivity index (χ0v) is 17.4. The lowest BCUT2D eigenvalue weighted by molar-refractivity contribution is -0.114. The Bertz CT molecular complexity index is 1050. The molecule has 3 rings (SSSR count). The molecule has 3 aromatic carbocycles. The van der Waals surface area contributed by atoms with Crippen molar-refractivity contribution in [3.63, 3.8) is 0 Å². The Morgan fingerprint density at radius 1 is 0.968 bits per heavy atom. The van der Waals surface area contributed by atoms with Crippen LogP contribution in [0.15, 0.2) is 91.5 Å². The Labute approximate surface area is 182 Å². The Hall–Kier alpha value is -4.06. The van der Waals surface area contributed by atoms with E-state index < -0.39 is 0 Å². The van der Waals surface area contributed by atoms with E-state index in [4.69, 9.17) is 4.74 Å². The average Bonchev–Trinajstić information content (AvgIpc) is 2.81. The number of anilines is 3. The van der Waals surface area contributed by atoms with Gasteiger partial charge < -0.3 is 20.3 Å². The smallest absolute Gasteiger partial charge is 0.258 e. The highest BCUT2D eigenvalue weighted by Crippen LogP contribution is 2.19. The molecular formula is C25H25N3O3. The predicted molar refractivity (Wildman–Crippen MR) is 125 cm³/mol. The maximum absolute atomic E-state index is 12.8. The van der Waals surface area contributed by atoms with Crippen LogP contribution >= 0.6 is 0 Å². The van der Waals surface area contributed by atoms with Crippen molar-refractivity contribution in [1.82, 2.24) is 0 Å². The van der Waals surface area contributed by atoms with E-state index in [-0.39, 0.29) is 18.4 Å². The van der Waals surface area contributed by atoms with Crippen molar-refractivity contribution in [3.8, 4) is 5.75 Å². The normalized spacial score (nSPS) is 10.1. The van der Waals surface area contributed by atoms with E-state index in [1.165, 1.54) is 0 Å². The summed E-state index contributed by atoms with van der Waals surface area (Å²) in [6.07, 6.45) is 1.67. The SMILES string of the molecule is C=CCOc1cccc(NCC(=O)Nc2cccc(C(=O)N(C)c3ccccc3)c2)c1. The first-order valence-corrected chi connectivity index (χ1v) is 9.87. The van der Waals surface area contributed by atoms with Gasteiger partial charge in [-0.05, 0) is 42.5 Å². The highest BCUT2D eigenvalue weighted by atomic mass is 16.5. The molecule has 0 saturated heterocycles.